The average Bonchev–Trinajstić information content (AvgIpc) is 2.48. The van der Waals surface area contributed by atoms with E-state index in [1.54, 1.807) is 24.3 Å². The third-order valence-electron chi connectivity index (χ3n) is 2.92. The van der Waals surface area contributed by atoms with Crippen molar-refractivity contribution in [3.63, 3.8) is 0 Å². The molecule has 5 nitrogen and oxygen atoms in total. The van der Waals surface area contributed by atoms with Gasteiger partial charge < -0.3 is 15.2 Å². The first-order valence-electron chi connectivity index (χ1n) is 6.55. The lowest BCUT2D eigenvalue weighted by molar-refractivity contribution is -0.141. The fourth-order valence-corrected chi connectivity index (χ4v) is 2.22. The van der Waals surface area contributed by atoms with Crippen LogP contribution in [0.15, 0.2) is 24.3 Å². The zero-order valence-corrected chi connectivity index (χ0v) is 13.0. The maximum absolute atomic E-state index is 12.0. The Bertz CT molecular complexity index is 551. The minimum atomic E-state index is -4.50. The summed E-state index contributed by atoms with van der Waals surface area (Å²) in [6.07, 6.45) is 0.0893. The number of carboxylic acid groups (broad SMARTS) is 1. The van der Waals surface area contributed by atoms with Crippen LogP contribution in [0, 0.1) is 5.92 Å². The number of nitrogens with one attached hydrogen (secondary N) is 1. The predicted molar refractivity (Wildman–Crippen MR) is 79.3 cm³/mol. The van der Waals surface area contributed by atoms with Gasteiger partial charge in [0.05, 0.1) is 18.8 Å². The van der Waals surface area contributed by atoms with E-state index >= 15 is 0 Å². The van der Waals surface area contributed by atoms with Crippen LogP contribution in [0.25, 0.3) is 0 Å². The van der Waals surface area contributed by atoms with Crippen LogP contribution in [-0.2, 0) is 16.0 Å². The summed E-state index contributed by atoms with van der Waals surface area (Å²) >= 11 is -0.468. The zero-order chi connectivity index (χ0) is 17.5. The van der Waals surface area contributed by atoms with Crippen molar-refractivity contribution in [3.05, 3.63) is 29.8 Å². The van der Waals surface area contributed by atoms with Crippen molar-refractivity contribution < 1.29 is 32.6 Å². The number of alkyl halides is 3. The third kappa shape index (κ3) is 7.27. The molecule has 0 aliphatic heterocycles. The standard InChI is InChI=1S/C14H16F3NO4S/c1-22-11-5-3-2-4-9(11)6-10(13(20)21)7-18-12(19)8-23-14(15,16)17/h2-5,10H,6-8H2,1H3,(H,18,19)(H,20,21). The van der Waals surface area contributed by atoms with Gasteiger partial charge in [0.25, 0.3) is 0 Å². The van der Waals surface area contributed by atoms with Crippen LogP contribution in [-0.4, -0.2) is 41.9 Å². The molecule has 0 aromatic heterocycles. The van der Waals surface area contributed by atoms with Gasteiger partial charge in [0.1, 0.15) is 5.75 Å². The van der Waals surface area contributed by atoms with Crippen molar-refractivity contribution in [2.24, 2.45) is 5.92 Å². The summed E-state index contributed by atoms with van der Waals surface area (Å²) in [5, 5.41) is 11.4. The summed E-state index contributed by atoms with van der Waals surface area (Å²) < 4.78 is 41.1. The Morgan fingerprint density at radius 2 is 2.00 bits per heavy atom. The van der Waals surface area contributed by atoms with Gasteiger partial charge in [0, 0.05) is 6.54 Å². The number of ether oxygens (including phenoxy) is 1. The minimum Gasteiger partial charge on any atom is -0.496 e. The summed E-state index contributed by atoms with van der Waals surface area (Å²) in [5.41, 5.74) is -3.86. The summed E-state index contributed by atoms with van der Waals surface area (Å²) in [6, 6.07) is 6.81. The van der Waals surface area contributed by atoms with Crippen molar-refractivity contribution in [3.8, 4) is 5.75 Å². The molecule has 2 N–H and O–H groups in total. The van der Waals surface area contributed by atoms with Crippen LogP contribution in [0.3, 0.4) is 0 Å². The van der Waals surface area contributed by atoms with Gasteiger partial charge in [-0.3, -0.25) is 9.59 Å². The van der Waals surface area contributed by atoms with Crippen LogP contribution < -0.4 is 10.1 Å². The Morgan fingerprint density at radius 3 is 2.57 bits per heavy atom. The van der Waals surface area contributed by atoms with E-state index in [0.717, 1.165) is 0 Å². The fourth-order valence-electron chi connectivity index (χ4n) is 1.82. The minimum absolute atomic E-state index is 0.0893. The van der Waals surface area contributed by atoms with Gasteiger partial charge in [-0.1, -0.05) is 18.2 Å². The first-order valence-corrected chi connectivity index (χ1v) is 7.53. The summed E-state index contributed by atoms with van der Waals surface area (Å²) in [7, 11) is 1.45. The van der Waals surface area contributed by atoms with Crippen molar-refractivity contribution >= 4 is 23.6 Å². The highest BCUT2D eigenvalue weighted by molar-refractivity contribution is 8.00. The number of carbonyl (C=O) groups excluding carboxylic acids is 1. The van der Waals surface area contributed by atoms with Gasteiger partial charge >= 0.3 is 11.5 Å². The molecule has 1 rings (SSSR count). The highest BCUT2D eigenvalue weighted by atomic mass is 32.2. The van der Waals surface area contributed by atoms with Gasteiger partial charge in [0.2, 0.25) is 5.91 Å². The molecule has 128 valence electrons. The number of amides is 1. The monoisotopic (exact) mass is 351 g/mol. The van der Waals surface area contributed by atoms with Gasteiger partial charge in [0.15, 0.2) is 0 Å². The SMILES string of the molecule is COc1ccccc1CC(CNC(=O)CSC(F)(F)F)C(=O)O. The van der Waals surface area contributed by atoms with Crippen molar-refractivity contribution in [2.75, 3.05) is 19.4 Å². The molecule has 1 aromatic rings. The lowest BCUT2D eigenvalue weighted by Crippen LogP contribution is -2.35. The van der Waals surface area contributed by atoms with Gasteiger partial charge in [-0.25, -0.2) is 0 Å². The van der Waals surface area contributed by atoms with Crippen molar-refractivity contribution in [1.82, 2.24) is 5.32 Å². The van der Waals surface area contributed by atoms with Gasteiger partial charge in [-0.2, -0.15) is 13.2 Å². The summed E-state index contributed by atoms with van der Waals surface area (Å²) in [6.45, 7) is -0.259. The highest BCUT2D eigenvalue weighted by Crippen LogP contribution is 2.29. The Kier molecular flexibility index (Phi) is 7.21. The van der Waals surface area contributed by atoms with Crippen LogP contribution in [0.2, 0.25) is 0 Å². The lowest BCUT2D eigenvalue weighted by Gasteiger charge is -2.15. The lowest BCUT2D eigenvalue weighted by atomic mass is 9.98. The van der Waals surface area contributed by atoms with Crippen LogP contribution in [0.4, 0.5) is 13.2 Å². The number of carboxylic acids is 1. The molecule has 23 heavy (non-hydrogen) atoms. The number of hydrogen-bond donors (Lipinski definition) is 2. The molecule has 0 aliphatic carbocycles. The van der Waals surface area contributed by atoms with Crippen LogP contribution >= 0.6 is 11.8 Å². The number of methoxy groups -OCH3 is 1. The van der Waals surface area contributed by atoms with E-state index in [2.05, 4.69) is 5.32 Å². The molecule has 0 saturated heterocycles. The van der Waals surface area contributed by atoms with E-state index < -0.39 is 40.8 Å². The number of benzene rings is 1. The second-order valence-electron chi connectivity index (χ2n) is 4.59. The molecule has 0 saturated carbocycles. The van der Waals surface area contributed by atoms with E-state index in [1.165, 1.54) is 7.11 Å². The Labute approximate surface area is 135 Å². The zero-order valence-electron chi connectivity index (χ0n) is 12.2. The number of thioether (sulfide) groups is 1. The van der Waals surface area contributed by atoms with E-state index in [0.29, 0.717) is 11.3 Å². The number of para-hydroxylation sites is 1. The molecule has 0 spiro atoms. The molecule has 0 aliphatic rings. The van der Waals surface area contributed by atoms with Crippen LogP contribution in [0.5, 0.6) is 5.75 Å². The number of hydrogen-bond acceptors (Lipinski definition) is 4. The molecule has 0 radical (unpaired) electrons. The molecule has 0 fully saturated rings. The first kappa shape index (κ1) is 19.1. The molecule has 0 bridgehead atoms. The van der Waals surface area contributed by atoms with E-state index in [-0.39, 0.29) is 13.0 Å². The van der Waals surface area contributed by atoms with E-state index in [1.807, 2.05) is 0 Å². The normalized spacial score (nSPS) is 12.5. The number of aliphatic carboxylic acids is 1. The molecule has 1 amide bonds. The smallest absolute Gasteiger partial charge is 0.442 e. The van der Waals surface area contributed by atoms with Crippen molar-refractivity contribution in [2.45, 2.75) is 11.9 Å². The topological polar surface area (TPSA) is 75.6 Å². The second kappa shape index (κ2) is 8.66. The number of rotatable bonds is 8. The summed E-state index contributed by atoms with van der Waals surface area (Å²) in [4.78, 5) is 22.6. The molecule has 1 unspecified atom stereocenters. The molecule has 0 heterocycles. The average molecular weight is 351 g/mol. The van der Waals surface area contributed by atoms with Gasteiger partial charge in [-0.05, 0) is 29.8 Å². The highest BCUT2D eigenvalue weighted by Gasteiger charge is 2.29. The second-order valence-corrected chi connectivity index (χ2v) is 5.63. The van der Waals surface area contributed by atoms with Crippen molar-refractivity contribution in [1.29, 1.82) is 0 Å². The Hall–Kier alpha value is -1.90. The summed E-state index contributed by atoms with van der Waals surface area (Å²) in [5.74, 6) is -3.27. The first-order chi connectivity index (χ1) is 10.7. The molecule has 1 aromatic carbocycles. The Morgan fingerprint density at radius 1 is 1.35 bits per heavy atom. The quantitative estimate of drug-likeness (QED) is 0.752. The number of carbonyl (C=O) groups is 2. The maximum Gasteiger partial charge on any atom is 0.442 e. The molecule has 9 heteroatoms. The predicted octanol–water partition coefficient (Wildman–Crippen LogP) is 2.31. The third-order valence-corrected chi connectivity index (χ3v) is 3.65. The largest absolute Gasteiger partial charge is 0.496 e. The molecular formula is C14H16F3NO4S. The fraction of sp³-hybridized carbons (Fsp3) is 0.429. The number of halogens is 3. The Balaban J connectivity index is 2.59. The maximum atomic E-state index is 12.0. The molecular weight excluding hydrogens is 335 g/mol. The van der Waals surface area contributed by atoms with Crippen LogP contribution in [0.1, 0.15) is 5.56 Å². The van der Waals surface area contributed by atoms with E-state index in [4.69, 9.17) is 4.74 Å². The molecule has 1 atom stereocenters. The van der Waals surface area contributed by atoms with Gasteiger partial charge in [-0.15, -0.1) is 0 Å². The van der Waals surface area contributed by atoms with E-state index in [9.17, 15) is 27.9 Å².